The smallest absolute Gasteiger partial charge is 0.243 e. The van der Waals surface area contributed by atoms with E-state index in [4.69, 9.17) is 0 Å². The van der Waals surface area contributed by atoms with Crippen molar-refractivity contribution in [3.63, 3.8) is 0 Å². The van der Waals surface area contributed by atoms with Crippen LogP contribution >= 0.6 is 11.3 Å². The number of benzene rings is 1. The Balaban J connectivity index is 1.65. The molecule has 1 fully saturated rings. The van der Waals surface area contributed by atoms with Gasteiger partial charge in [-0.1, -0.05) is 45.0 Å². The highest BCUT2D eigenvalue weighted by Gasteiger charge is 2.41. The molecule has 5 heteroatoms. The number of rotatable bonds is 4. The van der Waals surface area contributed by atoms with Gasteiger partial charge in [0.05, 0.1) is 6.04 Å². The van der Waals surface area contributed by atoms with Gasteiger partial charge in [0.15, 0.2) is 0 Å². The first kappa shape index (κ1) is 20.1. The second-order valence-electron chi connectivity index (χ2n) is 9.31. The average molecular weight is 411 g/mol. The first-order valence-corrected chi connectivity index (χ1v) is 11.4. The van der Waals surface area contributed by atoms with E-state index in [0.29, 0.717) is 6.54 Å². The Labute approximate surface area is 177 Å². The summed E-state index contributed by atoms with van der Waals surface area (Å²) in [5, 5.41) is 2.13. The van der Waals surface area contributed by atoms with Crippen LogP contribution in [0.5, 0.6) is 0 Å². The molecule has 0 unspecified atom stereocenters. The van der Waals surface area contributed by atoms with Crippen LogP contribution in [0.4, 0.5) is 0 Å². The molecular formula is C24H30N2O2S. The largest absolute Gasteiger partial charge is 0.330 e. The van der Waals surface area contributed by atoms with Crippen LogP contribution in [0.25, 0.3) is 0 Å². The summed E-state index contributed by atoms with van der Waals surface area (Å²) >= 11 is 1.78. The van der Waals surface area contributed by atoms with Gasteiger partial charge in [0, 0.05) is 22.9 Å². The summed E-state index contributed by atoms with van der Waals surface area (Å²) < 4.78 is 0. The molecule has 4 rings (SSSR count). The van der Waals surface area contributed by atoms with Crippen molar-refractivity contribution >= 4 is 23.2 Å². The van der Waals surface area contributed by atoms with E-state index < -0.39 is 5.41 Å². The van der Waals surface area contributed by atoms with Gasteiger partial charge in [-0.3, -0.25) is 9.59 Å². The third kappa shape index (κ3) is 3.97. The number of hydrogen-bond donors (Lipinski definition) is 0. The molecular weight excluding hydrogens is 380 g/mol. The Morgan fingerprint density at radius 1 is 1.14 bits per heavy atom. The third-order valence-electron chi connectivity index (χ3n) is 5.97. The summed E-state index contributed by atoms with van der Waals surface area (Å²) in [4.78, 5) is 31.7. The normalized spacial score (nSPS) is 19.0. The van der Waals surface area contributed by atoms with Gasteiger partial charge in [0.1, 0.15) is 6.54 Å². The lowest BCUT2D eigenvalue weighted by Crippen LogP contribution is -2.49. The van der Waals surface area contributed by atoms with Crippen molar-refractivity contribution in [2.45, 2.75) is 59.0 Å². The first-order chi connectivity index (χ1) is 13.8. The van der Waals surface area contributed by atoms with Crippen molar-refractivity contribution in [1.29, 1.82) is 0 Å². The number of amides is 2. The molecule has 0 N–H and O–H groups in total. The van der Waals surface area contributed by atoms with Crippen LogP contribution < -0.4 is 0 Å². The molecule has 154 valence electrons. The number of carbonyl (C=O) groups is 2. The van der Waals surface area contributed by atoms with E-state index in [1.807, 2.05) is 42.7 Å². The predicted molar refractivity (Wildman–Crippen MR) is 117 cm³/mol. The Morgan fingerprint density at radius 2 is 1.86 bits per heavy atom. The molecule has 0 saturated heterocycles. The molecule has 2 aromatic rings. The fraction of sp³-hybridized carbons (Fsp3) is 0.500. The molecule has 0 spiro atoms. The van der Waals surface area contributed by atoms with Gasteiger partial charge in [-0.2, -0.15) is 0 Å². The molecule has 29 heavy (non-hydrogen) atoms. The van der Waals surface area contributed by atoms with Gasteiger partial charge in [-0.15, -0.1) is 11.3 Å². The van der Waals surface area contributed by atoms with Crippen LogP contribution in [0.15, 0.2) is 35.7 Å². The summed E-state index contributed by atoms with van der Waals surface area (Å²) in [7, 11) is 0. The van der Waals surface area contributed by atoms with Crippen molar-refractivity contribution in [1.82, 2.24) is 9.80 Å². The highest BCUT2D eigenvalue weighted by molar-refractivity contribution is 7.10. The molecule has 1 aromatic heterocycles. The van der Waals surface area contributed by atoms with E-state index in [9.17, 15) is 9.59 Å². The molecule has 2 heterocycles. The number of fused-ring (bicyclic) bond motifs is 1. The van der Waals surface area contributed by atoms with E-state index >= 15 is 0 Å². The topological polar surface area (TPSA) is 40.6 Å². The molecule has 2 amide bonds. The SMILES string of the molecule is Cc1ccccc1[C@H]1c2ccsc2CCN1C(=O)CN(C(=O)C(C)(C)C)C1CC1. The third-order valence-corrected chi connectivity index (χ3v) is 6.96. The van der Waals surface area contributed by atoms with Gasteiger partial charge < -0.3 is 9.80 Å². The maximum absolute atomic E-state index is 13.5. The Morgan fingerprint density at radius 3 is 2.52 bits per heavy atom. The quantitative estimate of drug-likeness (QED) is 0.741. The van der Waals surface area contributed by atoms with Gasteiger partial charge in [-0.25, -0.2) is 0 Å². The molecule has 1 saturated carbocycles. The molecule has 0 radical (unpaired) electrons. The molecule has 4 nitrogen and oxygen atoms in total. The van der Waals surface area contributed by atoms with Crippen LogP contribution in [0, 0.1) is 12.3 Å². The Bertz CT molecular complexity index is 923. The molecule has 1 aromatic carbocycles. The summed E-state index contributed by atoms with van der Waals surface area (Å²) in [5.74, 6) is 0.133. The van der Waals surface area contributed by atoms with Gasteiger partial charge >= 0.3 is 0 Å². The van der Waals surface area contributed by atoms with Crippen LogP contribution in [0.3, 0.4) is 0 Å². The number of thiophene rings is 1. The molecule has 0 bridgehead atoms. The van der Waals surface area contributed by atoms with Crippen LogP contribution in [-0.4, -0.2) is 40.7 Å². The second-order valence-corrected chi connectivity index (χ2v) is 10.3. The monoisotopic (exact) mass is 410 g/mol. The maximum atomic E-state index is 13.5. The summed E-state index contributed by atoms with van der Waals surface area (Å²) in [6, 6.07) is 10.7. The number of nitrogens with zero attached hydrogens (tertiary/aromatic N) is 2. The maximum Gasteiger partial charge on any atom is 0.243 e. The summed E-state index contributed by atoms with van der Waals surface area (Å²) in [5.41, 5.74) is 3.14. The van der Waals surface area contributed by atoms with E-state index in [1.54, 1.807) is 11.3 Å². The first-order valence-electron chi connectivity index (χ1n) is 10.5. The van der Waals surface area contributed by atoms with Crippen LogP contribution in [-0.2, 0) is 16.0 Å². The van der Waals surface area contributed by atoms with E-state index in [0.717, 1.165) is 19.3 Å². The van der Waals surface area contributed by atoms with Crippen molar-refractivity contribution in [3.05, 3.63) is 57.3 Å². The molecule has 1 atom stereocenters. The fourth-order valence-electron chi connectivity index (χ4n) is 4.23. The van der Waals surface area contributed by atoms with E-state index in [2.05, 4.69) is 30.5 Å². The molecule has 2 aliphatic rings. The van der Waals surface area contributed by atoms with Crippen molar-refractivity contribution in [3.8, 4) is 0 Å². The predicted octanol–water partition coefficient (Wildman–Crippen LogP) is 4.57. The lowest BCUT2D eigenvalue weighted by molar-refractivity contribution is -0.147. The standard InChI is InChI=1S/C24H30N2O2S/c1-16-7-5-6-8-18(16)22-19-12-14-29-20(19)11-13-25(22)21(27)15-26(17-9-10-17)23(28)24(2,3)4/h5-8,12,14,17,22H,9-11,13,15H2,1-4H3/t22-/m0/s1. The minimum Gasteiger partial charge on any atom is -0.330 e. The number of hydrogen-bond acceptors (Lipinski definition) is 3. The Kier molecular flexibility index (Phi) is 5.28. The van der Waals surface area contributed by atoms with Gasteiger partial charge in [0.2, 0.25) is 11.8 Å². The fourth-order valence-corrected chi connectivity index (χ4v) is 5.14. The summed E-state index contributed by atoms with van der Waals surface area (Å²) in [6.45, 7) is 8.80. The van der Waals surface area contributed by atoms with Crippen molar-refractivity contribution < 1.29 is 9.59 Å². The van der Waals surface area contributed by atoms with Crippen LogP contribution in [0.1, 0.15) is 61.2 Å². The lowest BCUT2D eigenvalue weighted by Gasteiger charge is -2.39. The highest BCUT2D eigenvalue weighted by Crippen LogP contribution is 2.39. The van der Waals surface area contributed by atoms with E-state index in [-0.39, 0.29) is 30.4 Å². The second kappa shape index (κ2) is 7.60. The van der Waals surface area contributed by atoms with Crippen LogP contribution in [0.2, 0.25) is 0 Å². The zero-order valence-corrected chi connectivity index (χ0v) is 18.6. The van der Waals surface area contributed by atoms with Crippen molar-refractivity contribution in [2.24, 2.45) is 5.41 Å². The summed E-state index contributed by atoms with van der Waals surface area (Å²) in [6.07, 6.45) is 2.90. The van der Waals surface area contributed by atoms with E-state index in [1.165, 1.54) is 21.6 Å². The molecule has 1 aliphatic heterocycles. The minimum atomic E-state index is -0.472. The average Bonchev–Trinajstić information content (AvgIpc) is 3.40. The minimum absolute atomic E-state index is 0.0552. The highest BCUT2D eigenvalue weighted by atomic mass is 32.1. The number of aryl methyl sites for hydroxylation is 1. The zero-order chi connectivity index (χ0) is 20.8. The number of carbonyl (C=O) groups excluding carboxylic acids is 2. The molecule has 1 aliphatic carbocycles. The lowest BCUT2D eigenvalue weighted by atomic mass is 9.90. The van der Waals surface area contributed by atoms with Gasteiger partial charge in [-0.05, 0) is 54.3 Å². The Hall–Kier alpha value is -2.14. The van der Waals surface area contributed by atoms with Gasteiger partial charge in [0.25, 0.3) is 0 Å². The zero-order valence-electron chi connectivity index (χ0n) is 17.8. The van der Waals surface area contributed by atoms with Crippen molar-refractivity contribution in [2.75, 3.05) is 13.1 Å².